The van der Waals surface area contributed by atoms with Gasteiger partial charge in [0.25, 0.3) is 0 Å². The molecule has 5 nitrogen and oxygen atoms in total. The maximum atomic E-state index is 12.2. The zero-order chi connectivity index (χ0) is 14.6. The average Bonchev–Trinajstić information content (AvgIpc) is 2.89. The van der Waals surface area contributed by atoms with Crippen molar-refractivity contribution in [1.29, 1.82) is 0 Å². The molecule has 0 aromatic carbocycles. The van der Waals surface area contributed by atoms with Crippen LogP contribution in [-0.4, -0.2) is 26.3 Å². The third-order valence-electron chi connectivity index (χ3n) is 3.74. The largest absolute Gasteiger partial charge is 0.341 e. The number of nitrogens with zero attached hydrogens (tertiary/aromatic N) is 1. The van der Waals surface area contributed by atoms with E-state index < -0.39 is 11.6 Å². The lowest BCUT2D eigenvalue weighted by Gasteiger charge is -2.28. The zero-order valence-corrected chi connectivity index (χ0v) is 13.3. The second kappa shape index (κ2) is 6.62. The maximum absolute atomic E-state index is 12.2. The van der Waals surface area contributed by atoms with Crippen LogP contribution in [0.1, 0.15) is 31.2 Å². The third-order valence-corrected chi connectivity index (χ3v) is 4.77. The highest BCUT2D eigenvalue weighted by Crippen LogP contribution is 2.32. The van der Waals surface area contributed by atoms with E-state index in [9.17, 15) is 9.59 Å². The topological polar surface area (TPSA) is 85.1 Å². The van der Waals surface area contributed by atoms with Gasteiger partial charge in [0.1, 0.15) is 5.54 Å². The molecule has 0 radical (unpaired) electrons. The highest BCUT2D eigenvalue weighted by atomic mass is 127. The average molecular weight is 387 g/mol. The number of carbonyl (C=O) groups excluding carboxylic acids is 2. The van der Waals surface area contributed by atoms with Crippen molar-refractivity contribution < 1.29 is 9.59 Å². The highest BCUT2D eigenvalue weighted by Gasteiger charge is 2.41. The summed E-state index contributed by atoms with van der Waals surface area (Å²) in [7, 11) is 0. The van der Waals surface area contributed by atoms with Gasteiger partial charge in [0.05, 0.1) is 6.04 Å². The Morgan fingerprint density at radius 1 is 1.35 bits per heavy atom. The molecule has 1 saturated carbocycles. The van der Waals surface area contributed by atoms with E-state index in [0.29, 0.717) is 19.3 Å². The number of hydrogen-bond donors (Lipinski definition) is 2. The Kier molecular flexibility index (Phi) is 5.09. The van der Waals surface area contributed by atoms with E-state index in [1.807, 2.05) is 12.1 Å². The first-order valence-electron chi connectivity index (χ1n) is 6.70. The SMILES string of the molecule is N[C@@H](Cc1ccncc1)C(=O)NC1(C(=O)I)CCCC1. The minimum Gasteiger partial charge on any atom is -0.341 e. The van der Waals surface area contributed by atoms with E-state index in [2.05, 4.69) is 10.3 Å². The molecule has 1 aromatic rings. The Balaban J connectivity index is 1.98. The molecule has 2 rings (SSSR count). The third kappa shape index (κ3) is 3.54. The number of amides is 1. The van der Waals surface area contributed by atoms with Gasteiger partial charge in [-0.2, -0.15) is 0 Å². The molecule has 1 aliphatic carbocycles. The fraction of sp³-hybridized carbons (Fsp3) is 0.500. The van der Waals surface area contributed by atoms with Crippen molar-refractivity contribution in [1.82, 2.24) is 10.3 Å². The van der Waals surface area contributed by atoms with Crippen LogP contribution in [0.3, 0.4) is 0 Å². The number of carbonyl (C=O) groups is 2. The molecular formula is C14H18IN3O2. The molecular weight excluding hydrogens is 369 g/mol. The van der Waals surface area contributed by atoms with Gasteiger partial charge < -0.3 is 11.1 Å². The molecule has 3 N–H and O–H groups in total. The lowest BCUT2D eigenvalue weighted by molar-refractivity contribution is -0.128. The Morgan fingerprint density at radius 2 is 1.95 bits per heavy atom. The number of pyridine rings is 1. The van der Waals surface area contributed by atoms with Crippen LogP contribution in [0.5, 0.6) is 0 Å². The summed E-state index contributed by atoms with van der Waals surface area (Å²) in [5.41, 5.74) is 6.20. The normalized spacial score (nSPS) is 18.5. The van der Waals surface area contributed by atoms with Gasteiger partial charge in [-0.3, -0.25) is 14.6 Å². The fourth-order valence-corrected chi connectivity index (χ4v) is 3.22. The fourth-order valence-electron chi connectivity index (χ4n) is 2.54. The highest BCUT2D eigenvalue weighted by molar-refractivity contribution is 14.1. The zero-order valence-electron chi connectivity index (χ0n) is 11.1. The monoisotopic (exact) mass is 387 g/mol. The first-order valence-corrected chi connectivity index (χ1v) is 7.78. The lowest BCUT2D eigenvalue weighted by Crippen LogP contribution is -2.55. The van der Waals surface area contributed by atoms with E-state index in [1.54, 1.807) is 35.0 Å². The smallest absolute Gasteiger partial charge is 0.238 e. The minimum atomic E-state index is -0.701. The first kappa shape index (κ1) is 15.4. The van der Waals surface area contributed by atoms with Crippen molar-refractivity contribution in [2.24, 2.45) is 5.73 Å². The van der Waals surface area contributed by atoms with Crippen LogP contribution in [0.4, 0.5) is 0 Å². The van der Waals surface area contributed by atoms with Crippen molar-refractivity contribution in [2.75, 3.05) is 0 Å². The van der Waals surface area contributed by atoms with E-state index in [-0.39, 0.29) is 9.70 Å². The van der Waals surface area contributed by atoms with Crippen LogP contribution < -0.4 is 11.1 Å². The molecule has 1 amide bonds. The Bertz CT molecular complexity index is 486. The second-order valence-electron chi connectivity index (χ2n) is 5.22. The second-order valence-corrected chi connectivity index (χ2v) is 6.20. The molecule has 1 aliphatic rings. The Morgan fingerprint density at radius 3 is 2.50 bits per heavy atom. The van der Waals surface area contributed by atoms with Gasteiger partial charge in [0, 0.05) is 35.0 Å². The first-order chi connectivity index (χ1) is 9.53. The summed E-state index contributed by atoms with van der Waals surface area (Å²) in [5, 5.41) is 2.88. The van der Waals surface area contributed by atoms with Crippen molar-refractivity contribution in [3.8, 4) is 0 Å². The lowest BCUT2D eigenvalue weighted by atomic mass is 9.98. The molecule has 1 atom stereocenters. The summed E-state index contributed by atoms with van der Waals surface area (Å²) >= 11 is 1.78. The summed E-state index contributed by atoms with van der Waals surface area (Å²) in [6, 6.07) is 3.02. The van der Waals surface area contributed by atoms with Gasteiger partial charge in [0.15, 0.2) is 0 Å². The molecule has 0 saturated heterocycles. The number of halogens is 1. The Hall–Kier alpha value is -1.02. The molecule has 20 heavy (non-hydrogen) atoms. The van der Waals surface area contributed by atoms with Gasteiger partial charge in [-0.05, 0) is 37.0 Å². The van der Waals surface area contributed by atoms with Crippen LogP contribution in [0.15, 0.2) is 24.5 Å². The summed E-state index contributed by atoms with van der Waals surface area (Å²) in [6.07, 6.45) is 7.15. The van der Waals surface area contributed by atoms with Gasteiger partial charge >= 0.3 is 0 Å². The van der Waals surface area contributed by atoms with Gasteiger partial charge in [0.2, 0.25) is 9.70 Å². The van der Waals surface area contributed by atoms with Crippen LogP contribution in [0.2, 0.25) is 0 Å². The molecule has 0 aliphatic heterocycles. The van der Waals surface area contributed by atoms with E-state index >= 15 is 0 Å². The summed E-state index contributed by atoms with van der Waals surface area (Å²) in [5.74, 6) is -0.256. The van der Waals surface area contributed by atoms with Crippen LogP contribution in [0.25, 0.3) is 0 Å². The number of rotatable bonds is 5. The standard InChI is InChI=1S/C14H18IN3O2/c15-13(20)14(5-1-2-6-14)18-12(19)11(16)9-10-3-7-17-8-4-10/h3-4,7-8,11H,1-2,5-6,9,16H2,(H,18,19)/t11-/m0/s1. The summed E-state index contributed by atoms with van der Waals surface area (Å²) in [4.78, 5) is 27.9. The van der Waals surface area contributed by atoms with E-state index in [0.717, 1.165) is 18.4 Å². The van der Waals surface area contributed by atoms with Gasteiger partial charge in [-0.15, -0.1) is 0 Å². The molecule has 1 fully saturated rings. The van der Waals surface area contributed by atoms with Crippen LogP contribution >= 0.6 is 22.6 Å². The molecule has 0 spiro atoms. The van der Waals surface area contributed by atoms with Gasteiger partial charge in [-0.25, -0.2) is 0 Å². The number of nitrogens with one attached hydrogen (secondary N) is 1. The summed E-state index contributed by atoms with van der Waals surface area (Å²) in [6.45, 7) is 0. The quantitative estimate of drug-likeness (QED) is 0.590. The number of aromatic nitrogens is 1. The van der Waals surface area contributed by atoms with Gasteiger partial charge in [-0.1, -0.05) is 12.8 Å². The van der Waals surface area contributed by atoms with E-state index in [4.69, 9.17) is 5.73 Å². The minimum absolute atomic E-state index is 0.00272. The Labute approximate surface area is 131 Å². The molecule has 0 unspecified atom stereocenters. The van der Waals surface area contributed by atoms with E-state index in [1.165, 1.54) is 0 Å². The van der Waals surface area contributed by atoms with Crippen molar-refractivity contribution >= 4 is 32.3 Å². The number of hydrogen-bond acceptors (Lipinski definition) is 4. The predicted octanol–water partition coefficient (Wildman–Crippen LogP) is 1.34. The van der Waals surface area contributed by atoms with Crippen molar-refractivity contribution in [3.63, 3.8) is 0 Å². The van der Waals surface area contributed by atoms with Crippen molar-refractivity contribution in [2.45, 2.75) is 43.7 Å². The maximum Gasteiger partial charge on any atom is 0.238 e. The molecule has 0 bridgehead atoms. The predicted molar refractivity (Wildman–Crippen MR) is 84.3 cm³/mol. The molecule has 1 aromatic heterocycles. The number of nitrogens with two attached hydrogens (primary N) is 1. The molecule has 108 valence electrons. The van der Waals surface area contributed by atoms with Crippen LogP contribution in [0, 0.1) is 0 Å². The summed E-state index contributed by atoms with van der Waals surface area (Å²) < 4.78 is -0.00272. The van der Waals surface area contributed by atoms with Crippen LogP contribution in [-0.2, 0) is 16.0 Å². The molecule has 6 heteroatoms. The molecule has 1 heterocycles. The van der Waals surface area contributed by atoms with Crippen molar-refractivity contribution in [3.05, 3.63) is 30.1 Å².